The molecule has 0 saturated heterocycles. The van der Waals surface area contributed by atoms with Crippen LogP contribution in [0.25, 0.3) is 0 Å². The molecule has 0 aliphatic carbocycles. The third-order valence-electron chi connectivity index (χ3n) is 3.05. The lowest BCUT2D eigenvalue weighted by Crippen LogP contribution is -2.35. The molecule has 7 heteroatoms. The normalized spacial score (nSPS) is 12.6. The minimum atomic E-state index is -3.86. The standard InChI is InChI=1S/C16H16BrNO4S/c1-2-22-16(19)15(12-6-4-3-5-7-12)18-23(20,21)14-10-8-13(17)9-11-14/h3-11,15,18H,2H2,1H3. The molecule has 0 saturated carbocycles. The van der Waals surface area contributed by atoms with E-state index in [1.165, 1.54) is 12.1 Å². The highest BCUT2D eigenvalue weighted by atomic mass is 79.9. The Morgan fingerprint density at radius 2 is 1.74 bits per heavy atom. The van der Waals surface area contributed by atoms with Gasteiger partial charge in [0.2, 0.25) is 10.0 Å². The highest BCUT2D eigenvalue weighted by Crippen LogP contribution is 2.20. The van der Waals surface area contributed by atoms with Gasteiger partial charge in [-0.2, -0.15) is 4.72 Å². The van der Waals surface area contributed by atoms with Crippen LogP contribution in [-0.2, 0) is 19.6 Å². The lowest BCUT2D eigenvalue weighted by molar-refractivity contribution is -0.145. The Kier molecular flexibility index (Phi) is 5.92. The zero-order valence-corrected chi connectivity index (χ0v) is 14.8. The van der Waals surface area contributed by atoms with Gasteiger partial charge in [-0.1, -0.05) is 46.3 Å². The van der Waals surface area contributed by atoms with E-state index < -0.39 is 22.0 Å². The van der Waals surface area contributed by atoms with Crippen molar-refractivity contribution >= 4 is 31.9 Å². The van der Waals surface area contributed by atoms with Gasteiger partial charge in [-0.25, -0.2) is 13.2 Å². The molecule has 2 aromatic carbocycles. The van der Waals surface area contributed by atoms with Gasteiger partial charge in [0.25, 0.3) is 0 Å². The Bertz CT molecular complexity index is 760. The van der Waals surface area contributed by atoms with Crippen molar-refractivity contribution in [2.45, 2.75) is 17.9 Å². The molecule has 1 N–H and O–H groups in total. The first kappa shape index (κ1) is 17.7. The summed E-state index contributed by atoms with van der Waals surface area (Å²) in [4.78, 5) is 12.2. The molecule has 0 radical (unpaired) electrons. The van der Waals surface area contributed by atoms with E-state index in [1.807, 2.05) is 0 Å². The van der Waals surface area contributed by atoms with Crippen molar-refractivity contribution in [2.75, 3.05) is 6.61 Å². The Morgan fingerprint density at radius 3 is 2.30 bits per heavy atom. The molecule has 0 amide bonds. The van der Waals surface area contributed by atoms with Gasteiger partial charge in [-0.3, -0.25) is 0 Å². The number of esters is 1. The highest BCUT2D eigenvalue weighted by Gasteiger charge is 2.28. The predicted molar refractivity (Wildman–Crippen MR) is 90.3 cm³/mol. The average Bonchev–Trinajstić information content (AvgIpc) is 2.54. The molecular formula is C16H16BrNO4S. The molecule has 122 valence electrons. The third kappa shape index (κ3) is 4.63. The van der Waals surface area contributed by atoms with Crippen molar-refractivity contribution in [1.29, 1.82) is 0 Å². The molecule has 0 fully saturated rings. The Balaban J connectivity index is 2.33. The number of nitrogens with one attached hydrogen (secondary N) is 1. The minimum Gasteiger partial charge on any atom is -0.465 e. The van der Waals surface area contributed by atoms with Crippen molar-refractivity contribution in [2.24, 2.45) is 0 Å². The first-order chi connectivity index (χ1) is 10.9. The van der Waals surface area contributed by atoms with Crippen LogP contribution in [0.5, 0.6) is 0 Å². The van der Waals surface area contributed by atoms with E-state index in [2.05, 4.69) is 20.7 Å². The molecule has 1 atom stereocenters. The van der Waals surface area contributed by atoms with Crippen LogP contribution in [0.4, 0.5) is 0 Å². The summed E-state index contributed by atoms with van der Waals surface area (Å²) < 4.78 is 33.2. The van der Waals surface area contributed by atoms with Gasteiger partial charge in [0.15, 0.2) is 0 Å². The highest BCUT2D eigenvalue weighted by molar-refractivity contribution is 9.10. The van der Waals surface area contributed by atoms with Crippen molar-refractivity contribution in [1.82, 2.24) is 4.72 Å². The van der Waals surface area contributed by atoms with Gasteiger partial charge >= 0.3 is 5.97 Å². The van der Waals surface area contributed by atoms with Crippen LogP contribution in [0.3, 0.4) is 0 Å². The van der Waals surface area contributed by atoms with E-state index in [0.717, 1.165) is 4.47 Å². The fraction of sp³-hybridized carbons (Fsp3) is 0.188. The Morgan fingerprint density at radius 1 is 1.13 bits per heavy atom. The summed E-state index contributed by atoms with van der Waals surface area (Å²) in [6, 6.07) is 13.7. The number of carbonyl (C=O) groups excluding carboxylic acids is 1. The van der Waals surface area contributed by atoms with Crippen molar-refractivity contribution in [3.05, 3.63) is 64.6 Å². The first-order valence-electron chi connectivity index (χ1n) is 6.93. The van der Waals surface area contributed by atoms with Crippen LogP contribution >= 0.6 is 15.9 Å². The van der Waals surface area contributed by atoms with Gasteiger partial charge in [-0.15, -0.1) is 0 Å². The van der Waals surface area contributed by atoms with Crippen molar-refractivity contribution < 1.29 is 17.9 Å². The van der Waals surface area contributed by atoms with Crippen LogP contribution < -0.4 is 4.72 Å². The summed E-state index contributed by atoms with van der Waals surface area (Å²) in [6.07, 6.45) is 0. The maximum atomic E-state index is 12.5. The summed E-state index contributed by atoms with van der Waals surface area (Å²) >= 11 is 3.25. The Hall–Kier alpha value is -1.70. The SMILES string of the molecule is CCOC(=O)C(NS(=O)(=O)c1ccc(Br)cc1)c1ccccc1. The van der Waals surface area contributed by atoms with E-state index in [-0.39, 0.29) is 11.5 Å². The molecule has 23 heavy (non-hydrogen) atoms. The second kappa shape index (κ2) is 7.72. The van der Waals surface area contributed by atoms with Crippen LogP contribution in [0.15, 0.2) is 64.0 Å². The average molecular weight is 398 g/mol. The number of benzene rings is 2. The van der Waals surface area contributed by atoms with E-state index in [0.29, 0.717) is 5.56 Å². The molecule has 2 rings (SSSR count). The van der Waals surface area contributed by atoms with Crippen molar-refractivity contribution in [3.8, 4) is 0 Å². The maximum absolute atomic E-state index is 12.5. The molecule has 2 aromatic rings. The van der Waals surface area contributed by atoms with Crippen LogP contribution in [0.1, 0.15) is 18.5 Å². The molecule has 0 aliphatic heterocycles. The number of carbonyl (C=O) groups is 1. The molecule has 0 spiro atoms. The fourth-order valence-electron chi connectivity index (χ4n) is 1.96. The number of sulfonamides is 1. The number of rotatable bonds is 6. The second-order valence-electron chi connectivity index (χ2n) is 4.67. The predicted octanol–water partition coefficient (Wildman–Crippen LogP) is 3.03. The zero-order valence-electron chi connectivity index (χ0n) is 12.4. The Labute approximate surface area is 143 Å². The summed E-state index contributed by atoms with van der Waals surface area (Å²) in [5.41, 5.74) is 0.520. The van der Waals surface area contributed by atoms with Gasteiger partial charge in [-0.05, 0) is 36.8 Å². The summed E-state index contributed by atoms with van der Waals surface area (Å²) in [7, 11) is -3.86. The van der Waals surface area contributed by atoms with Gasteiger partial charge in [0, 0.05) is 4.47 Å². The number of hydrogen-bond acceptors (Lipinski definition) is 4. The monoisotopic (exact) mass is 397 g/mol. The molecular weight excluding hydrogens is 382 g/mol. The number of hydrogen-bond donors (Lipinski definition) is 1. The van der Waals surface area contributed by atoms with E-state index >= 15 is 0 Å². The summed E-state index contributed by atoms with van der Waals surface area (Å²) in [6.45, 7) is 1.84. The topological polar surface area (TPSA) is 72.5 Å². The molecule has 0 aliphatic rings. The molecule has 0 aromatic heterocycles. The van der Waals surface area contributed by atoms with Crippen LogP contribution in [-0.4, -0.2) is 21.0 Å². The quantitative estimate of drug-likeness (QED) is 0.760. The van der Waals surface area contributed by atoms with Gasteiger partial charge in [0.05, 0.1) is 11.5 Å². The molecule has 0 heterocycles. The zero-order chi connectivity index (χ0) is 16.9. The smallest absolute Gasteiger partial charge is 0.328 e. The largest absolute Gasteiger partial charge is 0.465 e. The van der Waals surface area contributed by atoms with Crippen molar-refractivity contribution in [3.63, 3.8) is 0 Å². The second-order valence-corrected chi connectivity index (χ2v) is 7.30. The van der Waals surface area contributed by atoms with Crippen LogP contribution in [0, 0.1) is 0 Å². The van der Waals surface area contributed by atoms with Crippen LogP contribution in [0.2, 0.25) is 0 Å². The first-order valence-corrected chi connectivity index (χ1v) is 9.21. The lowest BCUT2D eigenvalue weighted by atomic mass is 10.1. The number of ether oxygens (including phenoxy) is 1. The summed E-state index contributed by atoms with van der Waals surface area (Å²) in [5, 5.41) is 0. The lowest BCUT2D eigenvalue weighted by Gasteiger charge is -2.17. The third-order valence-corrected chi connectivity index (χ3v) is 5.02. The maximum Gasteiger partial charge on any atom is 0.328 e. The van der Waals surface area contributed by atoms with E-state index in [9.17, 15) is 13.2 Å². The minimum absolute atomic E-state index is 0.0749. The fourth-order valence-corrected chi connectivity index (χ4v) is 3.40. The van der Waals surface area contributed by atoms with Gasteiger partial charge < -0.3 is 4.74 Å². The van der Waals surface area contributed by atoms with E-state index in [1.54, 1.807) is 49.4 Å². The summed E-state index contributed by atoms with van der Waals surface area (Å²) in [5.74, 6) is -0.639. The molecule has 5 nitrogen and oxygen atoms in total. The number of halogens is 1. The molecule has 0 bridgehead atoms. The van der Waals surface area contributed by atoms with E-state index in [4.69, 9.17) is 4.74 Å². The molecule has 1 unspecified atom stereocenters. The van der Waals surface area contributed by atoms with Gasteiger partial charge in [0.1, 0.15) is 6.04 Å².